The maximum Gasteiger partial charge on any atom is 0.249 e. The third-order valence-corrected chi connectivity index (χ3v) is 2.32. The molecule has 1 aromatic heterocycles. The Kier molecular flexibility index (Phi) is 2.60. The first-order chi connectivity index (χ1) is 7.20. The van der Waals surface area contributed by atoms with E-state index in [4.69, 9.17) is 21.8 Å². The van der Waals surface area contributed by atoms with E-state index in [1.807, 2.05) is 6.92 Å². The van der Waals surface area contributed by atoms with Gasteiger partial charge in [0.15, 0.2) is 0 Å². The molecule has 0 amide bonds. The number of hydrogen-bond donors (Lipinski definition) is 1. The first-order valence-corrected chi connectivity index (χ1v) is 4.96. The summed E-state index contributed by atoms with van der Waals surface area (Å²) in [5.41, 5.74) is 6.94. The van der Waals surface area contributed by atoms with Crippen LogP contribution in [-0.4, -0.2) is 10.2 Å². The summed E-state index contributed by atoms with van der Waals surface area (Å²) >= 11 is 6.00. The zero-order valence-corrected chi connectivity index (χ0v) is 8.95. The Morgan fingerprint density at radius 3 is 2.87 bits per heavy atom. The molecular weight excluding hydrogens is 214 g/mol. The molecule has 2 N–H and O–H groups in total. The van der Waals surface area contributed by atoms with E-state index in [-0.39, 0.29) is 0 Å². The molecule has 1 heterocycles. The Balaban J connectivity index is 2.48. The van der Waals surface area contributed by atoms with Gasteiger partial charge in [0.25, 0.3) is 0 Å². The van der Waals surface area contributed by atoms with E-state index < -0.39 is 0 Å². The van der Waals surface area contributed by atoms with Gasteiger partial charge in [-0.25, -0.2) is 0 Å². The van der Waals surface area contributed by atoms with E-state index in [0.717, 1.165) is 0 Å². The second-order valence-corrected chi connectivity index (χ2v) is 3.50. The van der Waals surface area contributed by atoms with Crippen LogP contribution in [0.4, 0.5) is 5.69 Å². The molecule has 0 atom stereocenters. The van der Waals surface area contributed by atoms with E-state index in [9.17, 15) is 0 Å². The van der Waals surface area contributed by atoms with Gasteiger partial charge in [-0.15, -0.1) is 10.2 Å². The van der Waals surface area contributed by atoms with Gasteiger partial charge in [0.2, 0.25) is 11.8 Å². The van der Waals surface area contributed by atoms with Crippen molar-refractivity contribution in [3.63, 3.8) is 0 Å². The number of aromatic nitrogens is 2. The van der Waals surface area contributed by atoms with Crippen molar-refractivity contribution in [1.82, 2.24) is 10.2 Å². The molecule has 1 aromatic carbocycles. The van der Waals surface area contributed by atoms with Gasteiger partial charge in [-0.3, -0.25) is 0 Å². The highest BCUT2D eigenvalue weighted by Gasteiger charge is 2.11. The standard InChI is InChI=1S/C10H10ClN3O/c1-2-9-13-14-10(15-9)7-5-6(12)3-4-8(7)11/h3-5H,2,12H2,1H3. The van der Waals surface area contributed by atoms with Crippen LogP contribution in [0.25, 0.3) is 11.5 Å². The minimum atomic E-state index is 0.407. The van der Waals surface area contributed by atoms with Gasteiger partial charge in [0.1, 0.15) is 0 Å². The first-order valence-electron chi connectivity index (χ1n) is 4.58. The summed E-state index contributed by atoms with van der Waals surface area (Å²) < 4.78 is 5.39. The predicted molar refractivity (Wildman–Crippen MR) is 58.5 cm³/mol. The normalized spacial score (nSPS) is 10.5. The number of benzene rings is 1. The molecule has 0 saturated carbocycles. The van der Waals surface area contributed by atoms with Crippen molar-refractivity contribution in [2.45, 2.75) is 13.3 Å². The molecule has 0 bridgehead atoms. The fourth-order valence-electron chi connectivity index (χ4n) is 1.21. The summed E-state index contributed by atoms with van der Waals surface area (Å²) in [5.74, 6) is 0.993. The highest BCUT2D eigenvalue weighted by molar-refractivity contribution is 6.33. The van der Waals surface area contributed by atoms with E-state index >= 15 is 0 Å². The Morgan fingerprint density at radius 2 is 2.20 bits per heavy atom. The van der Waals surface area contributed by atoms with Crippen molar-refractivity contribution >= 4 is 17.3 Å². The Bertz CT molecular complexity index is 481. The molecule has 2 aromatic rings. The van der Waals surface area contributed by atoms with Crippen LogP contribution in [0.1, 0.15) is 12.8 Å². The number of nitrogens with two attached hydrogens (primary N) is 1. The maximum absolute atomic E-state index is 6.00. The summed E-state index contributed by atoms with van der Waals surface area (Å²) in [6.45, 7) is 1.94. The SMILES string of the molecule is CCc1nnc(-c2cc(N)ccc2Cl)o1. The van der Waals surface area contributed by atoms with Crippen LogP contribution in [-0.2, 0) is 6.42 Å². The van der Waals surface area contributed by atoms with Gasteiger partial charge in [-0.2, -0.15) is 0 Å². The minimum absolute atomic E-state index is 0.407. The molecule has 0 aliphatic carbocycles. The molecule has 0 unspecified atom stereocenters. The third kappa shape index (κ3) is 1.94. The van der Waals surface area contributed by atoms with Crippen molar-refractivity contribution < 1.29 is 4.42 Å². The fourth-order valence-corrected chi connectivity index (χ4v) is 1.41. The van der Waals surface area contributed by atoms with Crippen molar-refractivity contribution in [3.05, 3.63) is 29.1 Å². The highest BCUT2D eigenvalue weighted by Crippen LogP contribution is 2.28. The minimum Gasteiger partial charge on any atom is -0.421 e. The quantitative estimate of drug-likeness (QED) is 0.795. The summed E-state index contributed by atoms with van der Waals surface area (Å²) in [6.07, 6.45) is 0.701. The van der Waals surface area contributed by atoms with Crippen LogP contribution in [0.2, 0.25) is 5.02 Å². The molecule has 0 aliphatic rings. The van der Waals surface area contributed by atoms with E-state index in [1.165, 1.54) is 0 Å². The van der Waals surface area contributed by atoms with Crippen LogP contribution < -0.4 is 5.73 Å². The maximum atomic E-state index is 6.00. The smallest absolute Gasteiger partial charge is 0.249 e. The zero-order valence-electron chi connectivity index (χ0n) is 8.20. The van der Waals surface area contributed by atoms with Crippen LogP contribution in [0, 0.1) is 0 Å². The summed E-state index contributed by atoms with van der Waals surface area (Å²) in [7, 11) is 0. The Morgan fingerprint density at radius 1 is 1.40 bits per heavy atom. The highest BCUT2D eigenvalue weighted by atomic mass is 35.5. The molecule has 0 spiro atoms. The molecule has 5 heteroatoms. The number of anilines is 1. The van der Waals surface area contributed by atoms with Crippen LogP contribution in [0.5, 0.6) is 0 Å². The van der Waals surface area contributed by atoms with Crippen molar-refractivity contribution in [3.8, 4) is 11.5 Å². The third-order valence-electron chi connectivity index (χ3n) is 1.99. The zero-order chi connectivity index (χ0) is 10.8. The largest absolute Gasteiger partial charge is 0.421 e. The number of hydrogen-bond acceptors (Lipinski definition) is 4. The van der Waals surface area contributed by atoms with Gasteiger partial charge < -0.3 is 10.2 Å². The lowest BCUT2D eigenvalue weighted by Gasteiger charge is -1.99. The second-order valence-electron chi connectivity index (χ2n) is 3.09. The second kappa shape index (κ2) is 3.90. The topological polar surface area (TPSA) is 64.9 Å². The summed E-state index contributed by atoms with van der Waals surface area (Å²) in [5, 5.41) is 8.32. The summed E-state index contributed by atoms with van der Waals surface area (Å²) in [6, 6.07) is 5.15. The number of rotatable bonds is 2. The molecule has 0 radical (unpaired) electrons. The number of halogens is 1. The number of aryl methyl sites for hydroxylation is 1. The molecular formula is C10H10ClN3O. The molecule has 15 heavy (non-hydrogen) atoms. The van der Waals surface area contributed by atoms with Crippen molar-refractivity contribution in [2.24, 2.45) is 0 Å². The average Bonchev–Trinajstić information content (AvgIpc) is 2.70. The monoisotopic (exact) mass is 223 g/mol. The van der Waals surface area contributed by atoms with Crippen LogP contribution in [0.15, 0.2) is 22.6 Å². The molecule has 0 saturated heterocycles. The average molecular weight is 224 g/mol. The lowest BCUT2D eigenvalue weighted by atomic mass is 10.2. The van der Waals surface area contributed by atoms with Crippen LogP contribution >= 0.6 is 11.6 Å². The Labute approximate surface area is 92.1 Å². The van der Waals surface area contributed by atoms with Crippen molar-refractivity contribution in [2.75, 3.05) is 5.73 Å². The summed E-state index contributed by atoms with van der Waals surface area (Å²) in [4.78, 5) is 0. The van der Waals surface area contributed by atoms with E-state index in [1.54, 1.807) is 18.2 Å². The van der Waals surface area contributed by atoms with Gasteiger partial charge in [0.05, 0.1) is 10.6 Å². The van der Waals surface area contributed by atoms with Gasteiger partial charge in [-0.05, 0) is 18.2 Å². The molecule has 0 fully saturated rings. The molecule has 78 valence electrons. The van der Waals surface area contributed by atoms with Gasteiger partial charge in [-0.1, -0.05) is 18.5 Å². The lowest BCUT2D eigenvalue weighted by molar-refractivity contribution is 0.513. The van der Waals surface area contributed by atoms with Crippen LogP contribution in [0.3, 0.4) is 0 Å². The fraction of sp³-hybridized carbons (Fsp3) is 0.200. The van der Waals surface area contributed by atoms with Crippen molar-refractivity contribution in [1.29, 1.82) is 0 Å². The van der Waals surface area contributed by atoms with Gasteiger partial charge >= 0.3 is 0 Å². The van der Waals surface area contributed by atoms with E-state index in [2.05, 4.69) is 10.2 Å². The number of nitrogens with zero attached hydrogens (tertiary/aromatic N) is 2. The van der Waals surface area contributed by atoms with E-state index in [0.29, 0.717) is 34.5 Å². The molecule has 2 rings (SSSR count). The molecule has 0 aliphatic heterocycles. The first kappa shape index (κ1) is 9.98. The molecule has 4 nitrogen and oxygen atoms in total. The lowest BCUT2D eigenvalue weighted by Crippen LogP contribution is -1.86. The number of nitrogen functional groups attached to an aromatic ring is 1. The Hall–Kier alpha value is -1.55. The van der Waals surface area contributed by atoms with Gasteiger partial charge in [0, 0.05) is 12.1 Å². The predicted octanol–water partition coefficient (Wildman–Crippen LogP) is 2.53.